The molecular weight excluding hydrogens is 206 g/mol. The Hall–Kier alpha value is -0.0400. The van der Waals surface area contributed by atoms with Crippen molar-refractivity contribution in [3.8, 4) is 0 Å². The minimum absolute atomic E-state index is 0.510. The van der Waals surface area contributed by atoms with Gasteiger partial charge in [0.2, 0.25) is 0 Å². The Morgan fingerprint density at radius 2 is 1.59 bits per heavy atom. The molecule has 0 aromatic carbocycles. The van der Waals surface area contributed by atoms with Crippen LogP contribution in [0.2, 0.25) is 0 Å². The standard InChI is InChI=1S/C16H33N/c1-7-17-15(12(2)3)13-8-10-14(11-9-13)16(4,5)6/h12-15,17H,7-11H2,1-6H3. The molecular formula is C16H33N. The van der Waals surface area contributed by atoms with Crippen molar-refractivity contribution in [3.63, 3.8) is 0 Å². The fraction of sp³-hybridized carbons (Fsp3) is 1.00. The third kappa shape index (κ3) is 4.28. The minimum atomic E-state index is 0.510. The molecule has 1 atom stereocenters. The van der Waals surface area contributed by atoms with Crippen LogP contribution in [0, 0.1) is 23.2 Å². The van der Waals surface area contributed by atoms with Gasteiger partial charge in [0.05, 0.1) is 0 Å². The molecule has 0 radical (unpaired) electrons. The van der Waals surface area contributed by atoms with E-state index in [4.69, 9.17) is 0 Å². The first-order valence-electron chi connectivity index (χ1n) is 7.59. The molecule has 1 aliphatic rings. The van der Waals surface area contributed by atoms with E-state index < -0.39 is 0 Å². The summed E-state index contributed by atoms with van der Waals surface area (Å²) in [6, 6.07) is 0.737. The van der Waals surface area contributed by atoms with Crippen molar-refractivity contribution >= 4 is 0 Å². The zero-order chi connectivity index (χ0) is 13.1. The Morgan fingerprint density at radius 1 is 1.06 bits per heavy atom. The van der Waals surface area contributed by atoms with Crippen LogP contribution in [0.5, 0.6) is 0 Å². The highest BCUT2D eigenvalue weighted by molar-refractivity contribution is 4.86. The van der Waals surface area contributed by atoms with Gasteiger partial charge in [-0.2, -0.15) is 0 Å². The summed E-state index contributed by atoms with van der Waals surface area (Å²) in [5.74, 6) is 2.62. The molecule has 1 fully saturated rings. The first-order valence-corrected chi connectivity index (χ1v) is 7.59. The van der Waals surface area contributed by atoms with Crippen molar-refractivity contribution in [3.05, 3.63) is 0 Å². The summed E-state index contributed by atoms with van der Waals surface area (Å²) in [6.07, 6.45) is 5.72. The number of hydrogen-bond donors (Lipinski definition) is 1. The lowest BCUT2D eigenvalue weighted by Crippen LogP contribution is -2.42. The molecule has 1 aliphatic carbocycles. The third-order valence-electron chi connectivity index (χ3n) is 4.66. The van der Waals surface area contributed by atoms with E-state index in [0.29, 0.717) is 5.41 Å². The van der Waals surface area contributed by atoms with Gasteiger partial charge in [0.1, 0.15) is 0 Å². The summed E-state index contributed by atoms with van der Waals surface area (Å²) in [5.41, 5.74) is 0.510. The highest BCUT2D eigenvalue weighted by Gasteiger charge is 2.33. The van der Waals surface area contributed by atoms with E-state index in [-0.39, 0.29) is 0 Å². The van der Waals surface area contributed by atoms with E-state index in [1.54, 1.807) is 0 Å². The predicted octanol–water partition coefficient (Wildman–Crippen LogP) is 4.47. The highest BCUT2D eigenvalue weighted by Crippen LogP contribution is 2.41. The van der Waals surface area contributed by atoms with Gasteiger partial charge in [0, 0.05) is 6.04 Å². The molecule has 0 spiro atoms. The molecule has 1 unspecified atom stereocenters. The van der Waals surface area contributed by atoms with Gasteiger partial charge in [0.15, 0.2) is 0 Å². The van der Waals surface area contributed by atoms with Crippen LogP contribution >= 0.6 is 0 Å². The fourth-order valence-corrected chi connectivity index (χ4v) is 3.53. The van der Waals surface area contributed by atoms with Crippen LogP contribution in [-0.2, 0) is 0 Å². The zero-order valence-corrected chi connectivity index (χ0v) is 12.8. The van der Waals surface area contributed by atoms with Crippen LogP contribution in [0.15, 0.2) is 0 Å². The summed E-state index contributed by atoms with van der Waals surface area (Å²) >= 11 is 0. The molecule has 1 saturated carbocycles. The van der Waals surface area contributed by atoms with Gasteiger partial charge < -0.3 is 5.32 Å². The van der Waals surface area contributed by atoms with E-state index in [2.05, 4.69) is 46.9 Å². The van der Waals surface area contributed by atoms with E-state index in [0.717, 1.165) is 30.3 Å². The first-order chi connectivity index (χ1) is 7.86. The fourth-order valence-electron chi connectivity index (χ4n) is 3.53. The molecule has 1 rings (SSSR count). The third-order valence-corrected chi connectivity index (χ3v) is 4.66. The second-order valence-corrected chi connectivity index (χ2v) is 7.31. The highest BCUT2D eigenvalue weighted by atomic mass is 14.9. The van der Waals surface area contributed by atoms with Crippen molar-refractivity contribution in [1.82, 2.24) is 5.32 Å². The average Bonchev–Trinajstić information content (AvgIpc) is 2.24. The lowest BCUT2D eigenvalue weighted by molar-refractivity contribution is 0.122. The number of hydrogen-bond acceptors (Lipinski definition) is 1. The van der Waals surface area contributed by atoms with E-state index in [1.165, 1.54) is 25.7 Å². The molecule has 0 saturated heterocycles. The second-order valence-electron chi connectivity index (χ2n) is 7.31. The summed E-state index contributed by atoms with van der Waals surface area (Å²) in [7, 11) is 0. The molecule has 1 N–H and O–H groups in total. The van der Waals surface area contributed by atoms with E-state index in [9.17, 15) is 0 Å². The zero-order valence-electron chi connectivity index (χ0n) is 12.8. The Bertz CT molecular complexity index is 206. The topological polar surface area (TPSA) is 12.0 Å². The molecule has 0 aromatic heterocycles. The van der Waals surface area contributed by atoms with Gasteiger partial charge in [0.25, 0.3) is 0 Å². The van der Waals surface area contributed by atoms with Gasteiger partial charge in [-0.3, -0.25) is 0 Å². The molecule has 0 aliphatic heterocycles. The minimum Gasteiger partial charge on any atom is -0.314 e. The Balaban J connectivity index is 2.50. The Morgan fingerprint density at radius 3 is 1.94 bits per heavy atom. The SMILES string of the molecule is CCNC(C(C)C)C1CCC(C(C)(C)C)CC1. The maximum atomic E-state index is 3.71. The van der Waals surface area contributed by atoms with Crippen LogP contribution in [0.25, 0.3) is 0 Å². The maximum Gasteiger partial charge on any atom is 0.0118 e. The average molecular weight is 239 g/mol. The van der Waals surface area contributed by atoms with Gasteiger partial charge in [-0.1, -0.05) is 41.5 Å². The molecule has 0 heterocycles. The van der Waals surface area contributed by atoms with Crippen molar-refractivity contribution in [1.29, 1.82) is 0 Å². The van der Waals surface area contributed by atoms with Crippen LogP contribution in [0.3, 0.4) is 0 Å². The van der Waals surface area contributed by atoms with Gasteiger partial charge in [-0.25, -0.2) is 0 Å². The van der Waals surface area contributed by atoms with Crippen LogP contribution < -0.4 is 5.32 Å². The van der Waals surface area contributed by atoms with Crippen molar-refractivity contribution in [2.45, 2.75) is 73.3 Å². The van der Waals surface area contributed by atoms with Gasteiger partial charge >= 0.3 is 0 Å². The first kappa shape index (κ1) is 15.0. The number of nitrogens with one attached hydrogen (secondary N) is 1. The molecule has 1 heteroatoms. The van der Waals surface area contributed by atoms with Crippen LogP contribution in [0.4, 0.5) is 0 Å². The Kier molecular flexibility index (Phi) is 5.50. The monoisotopic (exact) mass is 239 g/mol. The number of rotatable bonds is 4. The summed E-state index contributed by atoms with van der Waals surface area (Å²) in [4.78, 5) is 0. The predicted molar refractivity (Wildman–Crippen MR) is 77.2 cm³/mol. The van der Waals surface area contributed by atoms with Crippen molar-refractivity contribution < 1.29 is 0 Å². The van der Waals surface area contributed by atoms with Crippen LogP contribution in [0.1, 0.15) is 67.2 Å². The molecule has 102 valence electrons. The smallest absolute Gasteiger partial charge is 0.0118 e. The van der Waals surface area contributed by atoms with Crippen molar-refractivity contribution in [2.75, 3.05) is 6.54 Å². The lowest BCUT2D eigenvalue weighted by atomic mass is 9.67. The summed E-state index contributed by atoms with van der Waals surface area (Å²) in [6.45, 7) is 15.3. The summed E-state index contributed by atoms with van der Waals surface area (Å²) in [5, 5.41) is 3.71. The summed E-state index contributed by atoms with van der Waals surface area (Å²) < 4.78 is 0. The van der Waals surface area contributed by atoms with Gasteiger partial charge in [-0.05, 0) is 55.4 Å². The lowest BCUT2D eigenvalue weighted by Gasteiger charge is -2.40. The van der Waals surface area contributed by atoms with E-state index in [1.807, 2.05) is 0 Å². The second kappa shape index (κ2) is 6.22. The van der Waals surface area contributed by atoms with E-state index >= 15 is 0 Å². The van der Waals surface area contributed by atoms with Crippen LogP contribution in [-0.4, -0.2) is 12.6 Å². The van der Waals surface area contributed by atoms with Crippen molar-refractivity contribution in [2.24, 2.45) is 23.2 Å². The molecule has 0 bridgehead atoms. The largest absolute Gasteiger partial charge is 0.314 e. The Labute approximate surface area is 109 Å². The maximum absolute atomic E-state index is 3.71. The van der Waals surface area contributed by atoms with Gasteiger partial charge in [-0.15, -0.1) is 0 Å². The molecule has 1 nitrogen and oxygen atoms in total. The normalized spacial score (nSPS) is 28.4. The molecule has 0 amide bonds. The quantitative estimate of drug-likeness (QED) is 0.763. The molecule has 17 heavy (non-hydrogen) atoms. The molecule has 0 aromatic rings.